The molecule has 1 aromatic carbocycles. The van der Waals surface area contributed by atoms with Crippen molar-refractivity contribution in [3.8, 4) is 0 Å². The predicted molar refractivity (Wildman–Crippen MR) is 31.2 cm³/mol. The second-order valence-electron chi connectivity index (χ2n) is 1.47. The standard InChI is InChI=1S/C7H5O.Zr/c8-6-7-4-2-1-3-5-7;/h1-5H;/q-1;. The van der Waals surface area contributed by atoms with Gasteiger partial charge in [0.1, 0.15) is 0 Å². The maximum absolute atomic E-state index is 9.88. The Morgan fingerprint density at radius 2 is 1.67 bits per heavy atom. The van der Waals surface area contributed by atoms with Gasteiger partial charge in [-0.25, -0.2) is 0 Å². The van der Waals surface area contributed by atoms with Crippen molar-refractivity contribution in [2.75, 3.05) is 0 Å². The Labute approximate surface area is 73.2 Å². The van der Waals surface area contributed by atoms with Crippen LogP contribution in [-0.2, 0) is 31.0 Å². The molecule has 1 aromatic rings. The summed E-state index contributed by atoms with van der Waals surface area (Å²) in [5, 5.41) is 0. The molecule has 0 amide bonds. The van der Waals surface area contributed by atoms with Crippen molar-refractivity contribution in [2.45, 2.75) is 0 Å². The van der Waals surface area contributed by atoms with Gasteiger partial charge < -0.3 is 4.79 Å². The molecule has 0 aromatic heterocycles. The van der Waals surface area contributed by atoms with Gasteiger partial charge in [-0.3, -0.25) is 0 Å². The van der Waals surface area contributed by atoms with E-state index in [1.807, 2.05) is 6.07 Å². The first kappa shape index (κ1) is 8.77. The first-order chi connectivity index (χ1) is 3.93. The van der Waals surface area contributed by atoms with Gasteiger partial charge in [0.2, 0.25) is 0 Å². The van der Waals surface area contributed by atoms with E-state index >= 15 is 0 Å². The average Bonchev–Trinajstić information content (AvgIpc) is 1.90. The molecule has 0 bridgehead atoms. The number of hydrogen-bond acceptors (Lipinski definition) is 1. The summed E-state index contributed by atoms with van der Waals surface area (Å²) in [7, 11) is 0. The molecule has 0 heterocycles. The molecule has 0 fully saturated rings. The zero-order valence-electron chi connectivity index (χ0n) is 4.79. The van der Waals surface area contributed by atoms with Crippen LogP contribution in [0.1, 0.15) is 5.56 Å². The third kappa shape index (κ3) is 2.71. The summed E-state index contributed by atoms with van der Waals surface area (Å²) < 4.78 is 0. The fourth-order valence-corrected chi connectivity index (χ4v) is 0.506. The molecule has 0 radical (unpaired) electrons. The largest absolute Gasteiger partial charge is 0.376 e. The van der Waals surface area contributed by atoms with Crippen molar-refractivity contribution >= 4 is 6.29 Å². The first-order valence-corrected chi connectivity index (χ1v) is 2.36. The van der Waals surface area contributed by atoms with Gasteiger partial charge in [-0.15, -0.1) is 12.1 Å². The SMILES string of the molecule is O=[C-]c1ccccc1.[Zr]. The first-order valence-electron chi connectivity index (χ1n) is 2.36. The van der Waals surface area contributed by atoms with E-state index in [2.05, 4.69) is 0 Å². The summed E-state index contributed by atoms with van der Waals surface area (Å²) in [6, 6.07) is 8.90. The van der Waals surface area contributed by atoms with Crippen molar-refractivity contribution in [3.63, 3.8) is 0 Å². The van der Waals surface area contributed by atoms with Gasteiger partial charge in [-0.05, 0) is 0 Å². The minimum atomic E-state index is 0. The molecule has 0 saturated carbocycles. The molecule has 0 aliphatic heterocycles. The molecule has 1 rings (SSSR count). The molecule has 0 unspecified atom stereocenters. The molecule has 0 saturated heterocycles. The molecular weight excluding hydrogens is 191 g/mol. The Balaban J connectivity index is 0.000000640. The van der Waals surface area contributed by atoms with Crippen molar-refractivity contribution in [1.29, 1.82) is 0 Å². The normalized spacial score (nSPS) is 7.56. The zero-order valence-corrected chi connectivity index (χ0v) is 7.25. The molecule has 44 valence electrons. The molecule has 0 aliphatic carbocycles. The van der Waals surface area contributed by atoms with Crippen LogP contribution < -0.4 is 0 Å². The Hall–Kier alpha value is -0.227. The smallest absolute Gasteiger partial charge is 0.0627 e. The minimum absolute atomic E-state index is 0. The zero-order chi connectivity index (χ0) is 5.82. The van der Waals surface area contributed by atoms with Crippen LogP contribution in [0.4, 0.5) is 0 Å². The maximum Gasteiger partial charge on any atom is 0.0627 e. The molecule has 9 heavy (non-hydrogen) atoms. The second-order valence-corrected chi connectivity index (χ2v) is 1.47. The van der Waals surface area contributed by atoms with Crippen LogP contribution in [0.15, 0.2) is 30.3 Å². The van der Waals surface area contributed by atoms with E-state index in [4.69, 9.17) is 0 Å². The Morgan fingerprint density at radius 3 is 2.00 bits per heavy atom. The van der Waals surface area contributed by atoms with Crippen molar-refractivity contribution in [1.82, 2.24) is 0 Å². The number of carbonyl (C=O) groups excluding carboxylic acids is 1. The third-order valence-electron chi connectivity index (χ3n) is 0.892. The van der Waals surface area contributed by atoms with Crippen LogP contribution in [0.3, 0.4) is 0 Å². The monoisotopic (exact) mass is 195 g/mol. The molecular formula is C7H5OZr-. The van der Waals surface area contributed by atoms with Crippen LogP contribution in [0.2, 0.25) is 0 Å². The van der Waals surface area contributed by atoms with Crippen LogP contribution in [0.5, 0.6) is 0 Å². The van der Waals surface area contributed by atoms with Crippen molar-refractivity contribution in [3.05, 3.63) is 35.9 Å². The second kappa shape index (κ2) is 4.63. The summed E-state index contributed by atoms with van der Waals surface area (Å²) in [4.78, 5) is 9.88. The Kier molecular flexibility index (Phi) is 4.52. The fourth-order valence-electron chi connectivity index (χ4n) is 0.506. The Bertz CT molecular complexity index is 172. The maximum atomic E-state index is 9.88. The van der Waals surface area contributed by atoms with Crippen molar-refractivity contribution in [2.24, 2.45) is 0 Å². The van der Waals surface area contributed by atoms with Gasteiger partial charge in [0.15, 0.2) is 0 Å². The molecule has 2 heteroatoms. The van der Waals surface area contributed by atoms with E-state index < -0.39 is 0 Å². The number of hydrogen-bond donors (Lipinski definition) is 0. The van der Waals surface area contributed by atoms with Gasteiger partial charge in [-0.2, -0.15) is 17.7 Å². The molecule has 0 atom stereocenters. The minimum Gasteiger partial charge on any atom is -0.376 e. The van der Waals surface area contributed by atoms with Crippen LogP contribution in [0.25, 0.3) is 0 Å². The van der Waals surface area contributed by atoms with E-state index in [1.165, 1.54) is 0 Å². The van der Waals surface area contributed by atoms with E-state index in [0.29, 0.717) is 5.56 Å². The van der Waals surface area contributed by atoms with Gasteiger partial charge in [-0.1, -0.05) is 6.07 Å². The van der Waals surface area contributed by atoms with E-state index in [9.17, 15) is 4.79 Å². The van der Waals surface area contributed by atoms with Gasteiger partial charge >= 0.3 is 0 Å². The summed E-state index contributed by atoms with van der Waals surface area (Å²) in [5.41, 5.74) is 0.604. The fraction of sp³-hybridized carbons (Fsp3) is 0. The quantitative estimate of drug-likeness (QED) is 0.616. The van der Waals surface area contributed by atoms with Gasteiger partial charge in [0, 0.05) is 26.2 Å². The topological polar surface area (TPSA) is 17.1 Å². The predicted octanol–water partition coefficient (Wildman–Crippen LogP) is 1.14. The van der Waals surface area contributed by atoms with Crippen LogP contribution >= 0.6 is 0 Å². The summed E-state index contributed by atoms with van der Waals surface area (Å²) in [6.07, 6.45) is 1.78. The summed E-state index contributed by atoms with van der Waals surface area (Å²) in [5.74, 6) is 0. The van der Waals surface area contributed by atoms with Gasteiger partial charge in [0.25, 0.3) is 0 Å². The van der Waals surface area contributed by atoms with Crippen LogP contribution in [0, 0.1) is 0 Å². The van der Waals surface area contributed by atoms with E-state index in [-0.39, 0.29) is 26.2 Å². The summed E-state index contributed by atoms with van der Waals surface area (Å²) in [6.45, 7) is 0. The van der Waals surface area contributed by atoms with Crippen LogP contribution in [-0.4, -0.2) is 6.29 Å². The Morgan fingerprint density at radius 1 is 1.11 bits per heavy atom. The average molecular weight is 196 g/mol. The summed E-state index contributed by atoms with van der Waals surface area (Å²) >= 11 is 0. The molecule has 1 nitrogen and oxygen atoms in total. The van der Waals surface area contributed by atoms with Crippen molar-refractivity contribution < 1.29 is 31.0 Å². The van der Waals surface area contributed by atoms with E-state index in [1.54, 1.807) is 30.6 Å². The molecule has 0 spiro atoms. The number of benzene rings is 1. The molecule has 0 aliphatic rings. The van der Waals surface area contributed by atoms with E-state index in [0.717, 1.165) is 0 Å². The third-order valence-corrected chi connectivity index (χ3v) is 0.892. The number of rotatable bonds is 1. The van der Waals surface area contributed by atoms with Gasteiger partial charge in [0.05, 0.1) is 6.29 Å². The molecule has 0 N–H and O–H groups in total.